The van der Waals surface area contributed by atoms with Gasteiger partial charge in [-0.15, -0.1) is 0 Å². The molecule has 0 saturated heterocycles. The molecule has 0 amide bonds. The molecule has 2 heteroatoms. The van der Waals surface area contributed by atoms with E-state index >= 15 is 0 Å². The number of aromatic hydroxyl groups is 1. The number of Topliss-reactive ketones (excluding diaryl/α,β-unsaturated/α-hetero) is 1. The highest BCUT2D eigenvalue weighted by Gasteiger charge is 2.31. The van der Waals surface area contributed by atoms with Crippen molar-refractivity contribution in [1.82, 2.24) is 0 Å². The molecule has 1 aromatic rings. The van der Waals surface area contributed by atoms with Gasteiger partial charge in [0.1, 0.15) is 11.5 Å². The number of carbonyl (C=O) groups excluding carboxylic acids is 1. The molecule has 2 unspecified atom stereocenters. The van der Waals surface area contributed by atoms with Gasteiger partial charge < -0.3 is 5.11 Å². The summed E-state index contributed by atoms with van der Waals surface area (Å²) in [5, 5.41) is 9.38. The monoisotopic (exact) mass is 204 g/mol. The molecule has 80 valence electrons. The number of ketones is 1. The molecule has 0 aromatic heterocycles. The van der Waals surface area contributed by atoms with Crippen LogP contribution in [0.4, 0.5) is 0 Å². The van der Waals surface area contributed by atoms with E-state index in [1.807, 2.05) is 12.1 Å². The molecule has 1 N–H and O–H groups in total. The number of rotatable bonds is 2. The SMILES string of the molecule is CCC1CC(c2cccc(O)c2)CC1=O. The molecule has 15 heavy (non-hydrogen) atoms. The van der Waals surface area contributed by atoms with Crippen molar-refractivity contribution in [3.8, 4) is 5.75 Å². The molecular formula is C13H16O2. The Morgan fingerprint density at radius 1 is 1.47 bits per heavy atom. The average molecular weight is 204 g/mol. The minimum Gasteiger partial charge on any atom is -0.508 e. The molecular weight excluding hydrogens is 188 g/mol. The zero-order chi connectivity index (χ0) is 10.8. The molecule has 1 aliphatic carbocycles. The van der Waals surface area contributed by atoms with Crippen LogP contribution in [0.3, 0.4) is 0 Å². The van der Waals surface area contributed by atoms with Crippen molar-refractivity contribution in [2.24, 2.45) is 5.92 Å². The van der Waals surface area contributed by atoms with Crippen LogP contribution in [-0.4, -0.2) is 10.9 Å². The Bertz CT molecular complexity index is 371. The number of phenols is 1. The summed E-state index contributed by atoms with van der Waals surface area (Å²) in [4.78, 5) is 11.6. The summed E-state index contributed by atoms with van der Waals surface area (Å²) in [5.74, 6) is 1.22. The van der Waals surface area contributed by atoms with Gasteiger partial charge in [0.25, 0.3) is 0 Å². The number of hydrogen-bond donors (Lipinski definition) is 1. The lowest BCUT2D eigenvalue weighted by atomic mass is 9.95. The van der Waals surface area contributed by atoms with Crippen molar-refractivity contribution < 1.29 is 9.90 Å². The van der Waals surface area contributed by atoms with Gasteiger partial charge in [0.05, 0.1) is 0 Å². The van der Waals surface area contributed by atoms with Crippen LogP contribution in [0.25, 0.3) is 0 Å². The molecule has 0 spiro atoms. The predicted octanol–water partition coefficient (Wildman–Crippen LogP) is 2.86. The molecule has 0 aliphatic heterocycles. The van der Waals surface area contributed by atoms with Gasteiger partial charge in [-0.1, -0.05) is 19.1 Å². The first-order chi connectivity index (χ1) is 7.20. The summed E-state index contributed by atoms with van der Waals surface area (Å²) in [6, 6.07) is 7.28. The molecule has 0 heterocycles. The molecule has 1 aromatic carbocycles. The van der Waals surface area contributed by atoms with Crippen LogP contribution in [0.15, 0.2) is 24.3 Å². The van der Waals surface area contributed by atoms with Gasteiger partial charge in [0.2, 0.25) is 0 Å². The first kappa shape index (κ1) is 10.2. The van der Waals surface area contributed by atoms with Gasteiger partial charge in [-0.05, 0) is 36.5 Å². The number of benzene rings is 1. The fourth-order valence-corrected chi connectivity index (χ4v) is 2.39. The minimum atomic E-state index is 0.234. The smallest absolute Gasteiger partial charge is 0.136 e. The van der Waals surface area contributed by atoms with E-state index in [9.17, 15) is 9.90 Å². The standard InChI is InChI=1S/C13H16O2/c1-2-9-6-11(8-13(9)15)10-4-3-5-12(14)7-10/h3-5,7,9,11,14H,2,6,8H2,1H3. The quantitative estimate of drug-likeness (QED) is 0.804. The number of carbonyl (C=O) groups is 1. The Labute approximate surface area is 89.9 Å². The highest BCUT2D eigenvalue weighted by molar-refractivity contribution is 5.84. The molecule has 2 rings (SSSR count). The first-order valence-corrected chi connectivity index (χ1v) is 5.52. The van der Waals surface area contributed by atoms with Crippen LogP contribution in [0.5, 0.6) is 5.75 Å². The van der Waals surface area contributed by atoms with Crippen molar-refractivity contribution in [2.45, 2.75) is 32.1 Å². The highest BCUT2D eigenvalue weighted by Crippen LogP contribution is 2.37. The third-order valence-electron chi connectivity index (χ3n) is 3.31. The van der Waals surface area contributed by atoms with Crippen molar-refractivity contribution in [3.05, 3.63) is 29.8 Å². The summed E-state index contributed by atoms with van der Waals surface area (Å²) in [7, 11) is 0. The summed E-state index contributed by atoms with van der Waals surface area (Å²) in [6.45, 7) is 2.06. The van der Waals surface area contributed by atoms with E-state index in [0.717, 1.165) is 18.4 Å². The number of hydrogen-bond acceptors (Lipinski definition) is 2. The van der Waals surface area contributed by atoms with Crippen LogP contribution in [-0.2, 0) is 4.79 Å². The van der Waals surface area contributed by atoms with E-state index in [-0.39, 0.29) is 5.92 Å². The third-order valence-corrected chi connectivity index (χ3v) is 3.31. The summed E-state index contributed by atoms with van der Waals surface area (Å²) in [6.07, 6.45) is 2.52. The van der Waals surface area contributed by atoms with Gasteiger partial charge in [0.15, 0.2) is 0 Å². The molecule has 0 radical (unpaired) electrons. The molecule has 1 fully saturated rings. The maximum Gasteiger partial charge on any atom is 0.136 e. The lowest BCUT2D eigenvalue weighted by Crippen LogP contribution is -2.03. The van der Waals surface area contributed by atoms with Crippen molar-refractivity contribution in [3.63, 3.8) is 0 Å². The fourth-order valence-electron chi connectivity index (χ4n) is 2.39. The maximum absolute atomic E-state index is 11.6. The lowest BCUT2D eigenvalue weighted by Gasteiger charge is -2.09. The van der Waals surface area contributed by atoms with Crippen molar-refractivity contribution in [2.75, 3.05) is 0 Å². The van der Waals surface area contributed by atoms with Crippen LogP contribution in [0, 0.1) is 5.92 Å². The first-order valence-electron chi connectivity index (χ1n) is 5.52. The minimum absolute atomic E-state index is 0.234. The Morgan fingerprint density at radius 3 is 2.87 bits per heavy atom. The van der Waals surface area contributed by atoms with E-state index in [2.05, 4.69) is 6.92 Å². The van der Waals surface area contributed by atoms with Crippen LogP contribution < -0.4 is 0 Å². The Kier molecular flexibility index (Phi) is 2.76. The zero-order valence-electron chi connectivity index (χ0n) is 8.94. The number of phenolic OH excluding ortho intramolecular Hbond substituents is 1. The molecule has 1 aliphatic rings. The van der Waals surface area contributed by atoms with Gasteiger partial charge in [0, 0.05) is 12.3 Å². The maximum atomic E-state index is 11.6. The van der Waals surface area contributed by atoms with E-state index in [1.54, 1.807) is 12.1 Å². The van der Waals surface area contributed by atoms with Gasteiger partial charge in [-0.3, -0.25) is 4.79 Å². The van der Waals surface area contributed by atoms with E-state index in [0.29, 0.717) is 23.9 Å². The highest BCUT2D eigenvalue weighted by atomic mass is 16.3. The summed E-state index contributed by atoms with van der Waals surface area (Å²) >= 11 is 0. The Hall–Kier alpha value is -1.31. The second-order valence-corrected chi connectivity index (χ2v) is 4.30. The topological polar surface area (TPSA) is 37.3 Å². The van der Waals surface area contributed by atoms with Gasteiger partial charge in [-0.25, -0.2) is 0 Å². The van der Waals surface area contributed by atoms with Gasteiger partial charge >= 0.3 is 0 Å². The second-order valence-electron chi connectivity index (χ2n) is 4.30. The lowest BCUT2D eigenvalue weighted by molar-refractivity contribution is -0.120. The Morgan fingerprint density at radius 2 is 2.27 bits per heavy atom. The Balaban J connectivity index is 2.17. The largest absolute Gasteiger partial charge is 0.508 e. The molecule has 1 saturated carbocycles. The van der Waals surface area contributed by atoms with Crippen LogP contribution >= 0.6 is 0 Å². The molecule has 2 atom stereocenters. The van der Waals surface area contributed by atoms with Crippen molar-refractivity contribution in [1.29, 1.82) is 0 Å². The predicted molar refractivity (Wildman–Crippen MR) is 58.9 cm³/mol. The van der Waals surface area contributed by atoms with E-state index < -0.39 is 0 Å². The van der Waals surface area contributed by atoms with Gasteiger partial charge in [-0.2, -0.15) is 0 Å². The normalized spacial score (nSPS) is 25.8. The molecule has 2 nitrogen and oxygen atoms in total. The van der Waals surface area contributed by atoms with E-state index in [1.165, 1.54) is 0 Å². The zero-order valence-corrected chi connectivity index (χ0v) is 8.94. The van der Waals surface area contributed by atoms with Crippen LogP contribution in [0.1, 0.15) is 37.7 Å². The fraction of sp³-hybridized carbons (Fsp3) is 0.462. The average Bonchev–Trinajstić information content (AvgIpc) is 2.60. The molecule has 0 bridgehead atoms. The van der Waals surface area contributed by atoms with Crippen molar-refractivity contribution >= 4 is 5.78 Å². The third kappa shape index (κ3) is 2.04. The summed E-state index contributed by atoms with van der Waals surface area (Å²) < 4.78 is 0. The van der Waals surface area contributed by atoms with E-state index in [4.69, 9.17) is 0 Å². The second kappa shape index (κ2) is 4.05. The van der Waals surface area contributed by atoms with Crippen LogP contribution in [0.2, 0.25) is 0 Å². The summed E-state index contributed by atoms with van der Waals surface area (Å²) in [5.41, 5.74) is 1.10.